The SMILES string of the molecule is CCC(C)N(Cc1ccccc1)C(=O)C1CCN(S(=O)(=O)c2ccc(F)c(Cl)c2)CC1. The Hall–Kier alpha value is -1.96. The van der Waals surface area contributed by atoms with Gasteiger partial charge in [0.1, 0.15) is 5.82 Å². The van der Waals surface area contributed by atoms with Crippen LogP contribution < -0.4 is 0 Å². The fourth-order valence-corrected chi connectivity index (χ4v) is 5.56. The number of rotatable bonds is 7. The summed E-state index contributed by atoms with van der Waals surface area (Å²) in [4.78, 5) is 15.2. The molecule has 3 rings (SSSR count). The average Bonchev–Trinajstić information content (AvgIpc) is 2.79. The Labute approximate surface area is 188 Å². The van der Waals surface area contributed by atoms with Crippen molar-refractivity contribution < 1.29 is 17.6 Å². The minimum absolute atomic E-state index is 0.0333. The zero-order chi connectivity index (χ0) is 22.6. The summed E-state index contributed by atoms with van der Waals surface area (Å²) in [6.45, 7) is 5.12. The van der Waals surface area contributed by atoms with Crippen LogP contribution >= 0.6 is 11.6 Å². The van der Waals surface area contributed by atoms with Crippen molar-refractivity contribution in [2.24, 2.45) is 5.92 Å². The molecule has 1 aliphatic heterocycles. The maximum absolute atomic E-state index is 13.4. The van der Waals surface area contributed by atoms with E-state index in [-0.39, 0.29) is 40.9 Å². The third-order valence-corrected chi connectivity index (χ3v) is 8.12. The van der Waals surface area contributed by atoms with Crippen molar-refractivity contribution in [1.82, 2.24) is 9.21 Å². The molecule has 1 saturated heterocycles. The van der Waals surface area contributed by atoms with Crippen molar-refractivity contribution in [3.8, 4) is 0 Å². The summed E-state index contributed by atoms with van der Waals surface area (Å²) < 4.78 is 40.6. The Morgan fingerprint density at radius 1 is 1.19 bits per heavy atom. The lowest BCUT2D eigenvalue weighted by Crippen LogP contribution is -2.46. The first-order valence-corrected chi connectivity index (χ1v) is 12.4. The van der Waals surface area contributed by atoms with Gasteiger partial charge in [-0.2, -0.15) is 4.31 Å². The predicted octanol–water partition coefficient (Wildman–Crippen LogP) is 4.71. The molecule has 0 N–H and O–H groups in total. The number of benzene rings is 2. The molecule has 5 nitrogen and oxygen atoms in total. The Kier molecular flexibility index (Phi) is 7.73. The second-order valence-corrected chi connectivity index (χ2v) is 10.3. The summed E-state index contributed by atoms with van der Waals surface area (Å²) in [5.74, 6) is -0.811. The van der Waals surface area contributed by atoms with Gasteiger partial charge in [0, 0.05) is 31.6 Å². The van der Waals surface area contributed by atoms with E-state index >= 15 is 0 Å². The van der Waals surface area contributed by atoms with Gasteiger partial charge in [-0.3, -0.25) is 4.79 Å². The number of hydrogen-bond acceptors (Lipinski definition) is 3. The summed E-state index contributed by atoms with van der Waals surface area (Å²) in [5.41, 5.74) is 1.07. The minimum Gasteiger partial charge on any atom is -0.335 e. The van der Waals surface area contributed by atoms with Crippen molar-refractivity contribution in [2.45, 2.75) is 50.6 Å². The highest BCUT2D eigenvalue weighted by atomic mass is 35.5. The molecule has 0 bridgehead atoms. The number of hydrogen-bond donors (Lipinski definition) is 0. The van der Waals surface area contributed by atoms with Crippen LogP contribution in [0.5, 0.6) is 0 Å². The monoisotopic (exact) mass is 466 g/mol. The molecule has 2 aromatic rings. The highest BCUT2D eigenvalue weighted by Crippen LogP contribution is 2.28. The summed E-state index contributed by atoms with van der Waals surface area (Å²) >= 11 is 5.76. The minimum atomic E-state index is -3.78. The average molecular weight is 467 g/mol. The molecule has 1 amide bonds. The molecule has 0 aliphatic carbocycles. The largest absolute Gasteiger partial charge is 0.335 e. The van der Waals surface area contributed by atoms with Crippen LogP contribution in [0.2, 0.25) is 5.02 Å². The Bertz CT molecular complexity index is 1010. The fourth-order valence-electron chi connectivity index (χ4n) is 3.82. The van der Waals surface area contributed by atoms with Gasteiger partial charge in [-0.05, 0) is 49.9 Å². The third-order valence-electron chi connectivity index (χ3n) is 5.93. The van der Waals surface area contributed by atoms with Gasteiger partial charge in [0.15, 0.2) is 0 Å². The zero-order valence-electron chi connectivity index (χ0n) is 17.8. The molecule has 2 aromatic carbocycles. The first kappa shape index (κ1) is 23.7. The first-order chi connectivity index (χ1) is 14.7. The molecule has 1 unspecified atom stereocenters. The molecule has 0 radical (unpaired) electrons. The predicted molar refractivity (Wildman–Crippen MR) is 120 cm³/mol. The lowest BCUT2D eigenvalue weighted by Gasteiger charge is -2.36. The number of carbonyl (C=O) groups excluding carboxylic acids is 1. The molecule has 1 aliphatic rings. The smallest absolute Gasteiger partial charge is 0.243 e. The van der Waals surface area contributed by atoms with E-state index in [4.69, 9.17) is 11.6 Å². The third kappa shape index (κ3) is 5.45. The zero-order valence-corrected chi connectivity index (χ0v) is 19.4. The van der Waals surface area contributed by atoms with Gasteiger partial charge in [-0.25, -0.2) is 12.8 Å². The van der Waals surface area contributed by atoms with Crippen LogP contribution in [0.4, 0.5) is 4.39 Å². The van der Waals surface area contributed by atoms with E-state index in [1.54, 1.807) is 0 Å². The standard InChI is InChI=1S/C23H28ClFN2O3S/c1-3-17(2)27(16-18-7-5-4-6-8-18)23(28)19-11-13-26(14-12-19)31(29,30)20-9-10-22(25)21(24)15-20/h4-10,15,17,19H,3,11-14,16H2,1-2H3. The maximum atomic E-state index is 13.4. The summed E-state index contributed by atoms with van der Waals surface area (Å²) in [6, 6.07) is 13.4. The first-order valence-electron chi connectivity index (χ1n) is 10.5. The second-order valence-electron chi connectivity index (χ2n) is 7.96. The lowest BCUT2D eigenvalue weighted by molar-refractivity contribution is -0.139. The van der Waals surface area contributed by atoms with E-state index in [0.29, 0.717) is 19.4 Å². The van der Waals surface area contributed by atoms with Gasteiger partial charge in [0.2, 0.25) is 15.9 Å². The number of carbonyl (C=O) groups is 1. The Morgan fingerprint density at radius 3 is 2.42 bits per heavy atom. The summed E-state index contributed by atoms with van der Waals surface area (Å²) in [5, 5.41) is -0.226. The van der Waals surface area contributed by atoms with E-state index in [2.05, 4.69) is 6.92 Å². The van der Waals surface area contributed by atoms with Crippen molar-refractivity contribution in [2.75, 3.05) is 13.1 Å². The number of piperidine rings is 1. The van der Waals surface area contributed by atoms with Crippen LogP contribution in [0.15, 0.2) is 53.4 Å². The Balaban J connectivity index is 1.69. The van der Waals surface area contributed by atoms with Crippen LogP contribution in [0.3, 0.4) is 0 Å². The summed E-state index contributed by atoms with van der Waals surface area (Å²) in [7, 11) is -3.78. The van der Waals surface area contributed by atoms with Crippen LogP contribution in [-0.2, 0) is 21.4 Å². The van der Waals surface area contributed by atoms with E-state index in [0.717, 1.165) is 24.1 Å². The lowest BCUT2D eigenvalue weighted by atomic mass is 9.95. The molecule has 1 fully saturated rings. The molecule has 8 heteroatoms. The molecule has 0 aromatic heterocycles. The normalized spacial score (nSPS) is 16.8. The second kappa shape index (κ2) is 10.1. The van der Waals surface area contributed by atoms with Crippen LogP contribution in [0.1, 0.15) is 38.7 Å². The number of amides is 1. The molecule has 0 saturated carbocycles. The number of nitrogens with zero attached hydrogens (tertiary/aromatic N) is 2. The van der Waals surface area contributed by atoms with Crippen molar-refractivity contribution >= 4 is 27.5 Å². The molecular weight excluding hydrogens is 439 g/mol. The highest BCUT2D eigenvalue weighted by molar-refractivity contribution is 7.89. The van der Waals surface area contributed by atoms with E-state index < -0.39 is 15.8 Å². The van der Waals surface area contributed by atoms with Gasteiger partial charge in [0.25, 0.3) is 0 Å². The van der Waals surface area contributed by atoms with Crippen LogP contribution in [0, 0.1) is 11.7 Å². The van der Waals surface area contributed by atoms with Gasteiger partial charge >= 0.3 is 0 Å². The fraction of sp³-hybridized carbons (Fsp3) is 0.435. The van der Waals surface area contributed by atoms with Gasteiger partial charge in [0.05, 0.1) is 9.92 Å². The van der Waals surface area contributed by atoms with Crippen molar-refractivity contribution in [1.29, 1.82) is 0 Å². The topological polar surface area (TPSA) is 57.7 Å². The maximum Gasteiger partial charge on any atom is 0.243 e. The summed E-state index contributed by atoms with van der Waals surface area (Å²) in [6.07, 6.45) is 1.75. The van der Waals surface area contributed by atoms with Crippen molar-refractivity contribution in [3.05, 3.63) is 64.9 Å². The number of sulfonamides is 1. The molecule has 0 spiro atoms. The number of halogens is 2. The quantitative estimate of drug-likeness (QED) is 0.594. The molecule has 1 heterocycles. The molecule has 1 atom stereocenters. The van der Waals surface area contributed by atoms with Gasteiger partial charge in [-0.15, -0.1) is 0 Å². The molecule has 168 valence electrons. The van der Waals surface area contributed by atoms with E-state index in [1.807, 2.05) is 42.2 Å². The van der Waals surface area contributed by atoms with Crippen molar-refractivity contribution in [3.63, 3.8) is 0 Å². The van der Waals surface area contributed by atoms with Crippen LogP contribution in [-0.4, -0.2) is 42.7 Å². The molecular formula is C23H28ClFN2O3S. The highest BCUT2D eigenvalue weighted by Gasteiger charge is 2.35. The molecule has 31 heavy (non-hydrogen) atoms. The van der Waals surface area contributed by atoms with Gasteiger partial charge in [-0.1, -0.05) is 48.9 Å². The Morgan fingerprint density at radius 2 is 1.84 bits per heavy atom. The van der Waals surface area contributed by atoms with Crippen LogP contribution in [0.25, 0.3) is 0 Å². The van der Waals surface area contributed by atoms with Gasteiger partial charge < -0.3 is 4.90 Å². The van der Waals surface area contributed by atoms with E-state index in [9.17, 15) is 17.6 Å². The van der Waals surface area contributed by atoms with E-state index in [1.165, 1.54) is 10.4 Å².